The Kier molecular flexibility index (Phi) is 8.69. The van der Waals surface area contributed by atoms with Crippen molar-refractivity contribution in [1.82, 2.24) is 30.1 Å². The third-order valence-corrected chi connectivity index (χ3v) is 5.31. The van der Waals surface area contributed by atoms with Gasteiger partial charge in [-0.15, -0.1) is 21.5 Å². The van der Waals surface area contributed by atoms with E-state index in [0.29, 0.717) is 19.0 Å². The molecule has 2 heterocycles. The van der Waals surface area contributed by atoms with Gasteiger partial charge in [0.15, 0.2) is 5.96 Å². The number of aromatic nitrogens is 3. The molecule has 0 saturated carbocycles. The maximum absolute atomic E-state index is 11.1. The second-order valence-corrected chi connectivity index (χ2v) is 8.74. The summed E-state index contributed by atoms with van der Waals surface area (Å²) < 4.78 is 26.7. The predicted molar refractivity (Wildman–Crippen MR) is 109 cm³/mol. The molecule has 0 aliphatic rings. The van der Waals surface area contributed by atoms with Crippen molar-refractivity contribution in [3.05, 3.63) is 34.5 Å². The van der Waals surface area contributed by atoms with Crippen molar-refractivity contribution >= 4 is 27.3 Å². The van der Waals surface area contributed by atoms with E-state index in [4.69, 9.17) is 0 Å². The molecule has 11 heteroatoms. The number of aliphatic imine (C=N–C) groups is 1. The Hall–Kier alpha value is -1.98. The van der Waals surface area contributed by atoms with Gasteiger partial charge in [-0.05, 0) is 17.9 Å². The minimum absolute atomic E-state index is 0.266. The molecule has 0 aliphatic carbocycles. The molecular formula is C16H27N7O2S2. The van der Waals surface area contributed by atoms with Crippen LogP contribution >= 0.6 is 11.3 Å². The molecule has 2 rings (SSSR count). The number of nitrogens with one attached hydrogen (secondary N) is 3. The molecule has 2 aromatic heterocycles. The zero-order chi connectivity index (χ0) is 19.5. The summed E-state index contributed by atoms with van der Waals surface area (Å²) in [5, 5.41) is 16.6. The minimum atomic E-state index is -3.20. The lowest BCUT2D eigenvalue weighted by molar-refractivity contribution is 0.588. The number of hydrogen-bond acceptors (Lipinski definition) is 6. The van der Waals surface area contributed by atoms with Gasteiger partial charge in [-0.2, -0.15) is 0 Å². The van der Waals surface area contributed by atoms with Crippen LogP contribution in [0.25, 0.3) is 0 Å². The second-order valence-electron chi connectivity index (χ2n) is 5.87. The molecule has 0 saturated heterocycles. The van der Waals surface area contributed by atoms with E-state index in [1.165, 1.54) is 4.88 Å². The van der Waals surface area contributed by atoms with Gasteiger partial charge in [0.2, 0.25) is 10.0 Å². The first-order valence-corrected chi connectivity index (χ1v) is 11.6. The molecule has 3 N–H and O–H groups in total. The van der Waals surface area contributed by atoms with Crippen molar-refractivity contribution in [2.24, 2.45) is 4.99 Å². The van der Waals surface area contributed by atoms with Crippen molar-refractivity contribution in [2.75, 3.05) is 32.4 Å². The molecule has 27 heavy (non-hydrogen) atoms. The fraction of sp³-hybridized carbons (Fsp3) is 0.562. The summed E-state index contributed by atoms with van der Waals surface area (Å²) >= 11 is 1.72. The first kappa shape index (κ1) is 21.3. The smallest absolute Gasteiger partial charge is 0.208 e. The van der Waals surface area contributed by atoms with Crippen LogP contribution in [0, 0.1) is 0 Å². The van der Waals surface area contributed by atoms with Crippen LogP contribution in [0.2, 0.25) is 0 Å². The Labute approximate surface area is 164 Å². The van der Waals surface area contributed by atoms with E-state index in [1.807, 2.05) is 17.6 Å². The Morgan fingerprint density at radius 3 is 2.81 bits per heavy atom. The maximum Gasteiger partial charge on any atom is 0.208 e. The zero-order valence-electron chi connectivity index (χ0n) is 15.7. The number of nitrogens with zero attached hydrogens (tertiary/aromatic N) is 4. The molecule has 0 fully saturated rings. The van der Waals surface area contributed by atoms with Crippen LogP contribution in [-0.4, -0.2) is 61.6 Å². The van der Waals surface area contributed by atoms with Gasteiger partial charge in [0.1, 0.15) is 12.2 Å². The topological polar surface area (TPSA) is 113 Å². The van der Waals surface area contributed by atoms with Gasteiger partial charge in [-0.3, -0.25) is 4.99 Å². The molecule has 0 unspecified atom stereocenters. The summed E-state index contributed by atoms with van der Waals surface area (Å²) in [6.45, 7) is 4.80. The third kappa shape index (κ3) is 8.50. The number of rotatable bonds is 11. The van der Waals surface area contributed by atoms with E-state index in [2.05, 4.69) is 42.0 Å². The Morgan fingerprint density at radius 2 is 2.11 bits per heavy atom. The van der Waals surface area contributed by atoms with E-state index in [9.17, 15) is 8.42 Å². The Bertz CT molecular complexity index is 801. The highest BCUT2D eigenvalue weighted by molar-refractivity contribution is 7.88. The third-order valence-electron chi connectivity index (χ3n) is 3.65. The number of sulfonamides is 1. The summed E-state index contributed by atoms with van der Waals surface area (Å²) in [4.78, 5) is 5.74. The van der Waals surface area contributed by atoms with E-state index in [0.717, 1.165) is 38.0 Å². The molecule has 0 radical (unpaired) electrons. The zero-order valence-corrected chi connectivity index (χ0v) is 17.3. The lowest BCUT2D eigenvalue weighted by atomic mass is 10.3. The van der Waals surface area contributed by atoms with Gasteiger partial charge < -0.3 is 15.2 Å². The summed E-state index contributed by atoms with van der Waals surface area (Å²) in [5.74, 6) is 1.60. The van der Waals surface area contributed by atoms with Crippen molar-refractivity contribution < 1.29 is 8.42 Å². The summed E-state index contributed by atoms with van der Waals surface area (Å²) in [6.07, 6.45) is 4.60. The van der Waals surface area contributed by atoms with E-state index in [-0.39, 0.29) is 6.54 Å². The van der Waals surface area contributed by atoms with Gasteiger partial charge >= 0.3 is 0 Å². The van der Waals surface area contributed by atoms with Crippen LogP contribution < -0.4 is 15.4 Å². The quantitative estimate of drug-likeness (QED) is 0.276. The lowest BCUT2D eigenvalue weighted by Gasteiger charge is -2.13. The minimum Gasteiger partial charge on any atom is -0.356 e. The highest BCUT2D eigenvalue weighted by Gasteiger charge is 2.04. The number of guanidine groups is 1. The summed E-state index contributed by atoms with van der Waals surface area (Å²) in [6, 6.07) is 4.14. The van der Waals surface area contributed by atoms with E-state index < -0.39 is 10.0 Å². The van der Waals surface area contributed by atoms with Gasteiger partial charge in [0.05, 0.1) is 12.8 Å². The first-order chi connectivity index (χ1) is 13.0. The molecule has 0 aliphatic heterocycles. The molecule has 2 aromatic rings. The molecule has 9 nitrogen and oxygen atoms in total. The monoisotopic (exact) mass is 413 g/mol. The van der Waals surface area contributed by atoms with Crippen LogP contribution in [0.4, 0.5) is 0 Å². The number of aryl methyl sites for hydroxylation is 1. The highest BCUT2D eigenvalue weighted by atomic mass is 32.2. The van der Waals surface area contributed by atoms with Gasteiger partial charge in [0.25, 0.3) is 0 Å². The van der Waals surface area contributed by atoms with Crippen LogP contribution in [0.1, 0.15) is 17.6 Å². The van der Waals surface area contributed by atoms with Gasteiger partial charge in [-0.1, -0.05) is 13.0 Å². The molecular weight excluding hydrogens is 386 g/mol. The lowest BCUT2D eigenvalue weighted by Crippen LogP contribution is -2.40. The molecule has 0 spiro atoms. The maximum atomic E-state index is 11.1. The molecule has 150 valence electrons. The van der Waals surface area contributed by atoms with Crippen LogP contribution in [0.5, 0.6) is 0 Å². The number of thiophene rings is 1. The average Bonchev–Trinajstić information content (AvgIpc) is 3.28. The number of hydrogen-bond donors (Lipinski definition) is 3. The summed E-state index contributed by atoms with van der Waals surface area (Å²) in [7, 11) is -3.20. The Balaban J connectivity index is 1.83. The van der Waals surface area contributed by atoms with Crippen LogP contribution in [-0.2, 0) is 29.4 Å². The fourth-order valence-electron chi connectivity index (χ4n) is 2.37. The van der Waals surface area contributed by atoms with E-state index in [1.54, 1.807) is 17.7 Å². The predicted octanol–water partition coefficient (Wildman–Crippen LogP) is 0.229. The largest absolute Gasteiger partial charge is 0.356 e. The van der Waals surface area contributed by atoms with Crippen molar-refractivity contribution in [3.8, 4) is 0 Å². The summed E-state index contributed by atoms with van der Waals surface area (Å²) in [5.41, 5.74) is 0. The normalized spacial score (nSPS) is 12.3. The van der Waals surface area contributed by atoms with Gasteiger partial charge in [-0.25, -0.2) is 13.1 Å². The molecule has 0 aromatic carbocycles. The van der Waals surface area contributed by atoms with E-state index >= 15 is 0 Å². The molecule has 0 bridgehead atoms. The average molecular weight is 414 g/mol. The standard InChI is InChI=1S/C16H27N7O2S2/c1-3-15-22-20-13-23(15)11-10-19-16(18-8-9-21-27(2,24)25)17-7-6-14-5-4-12-26-14/h4-5,12-13,21H,3,6-11H2,1-2H3,(H2,17,18,19). The molecule has 0 atom stereocenters. The van der Waals surface area contributed by atoms with Crippen molar-refractivity contribution in [1.29, 1.82) is 0 Å². The first-order valence-electron chi connectivity index (χ1n) is 8.84. The van der Waals surface area contributed by atoms with Crippen molar-refractivity contribution in [2.45, 2.75) is 26.3 Å². The molecule has 0 amide bonds. The fourth-order valence-corrected chi connectivity index (χ4v) is 3.54. The Morgan fingerprint density at radius 1 is 1.30 bits per heavy atom. The van der Waals surface area contributed by atoms with Crippen LogP contribution in [0.15, 0.2) is 28.8 Å². The SMILES string of the molecule is CCc1nncn1CCNC(=NCCNS(C)(=O)=O)NCCc1cccs1. The van der Waals surface area contributed by atoms with Crippen molar-refractivity contribution in [3.63, 3.8) is 0 Å². The van der Waals surface area contributed by atoms with Gasteiger partial charge in [0, 0.05) is 37.5 Å². The van der Waals surface area contributed by atoms with Crippen LogP contribution in [0.3, 0.4) is 0 Å². The highest BCUT2D eigenvalue weighted by Crippen LogP contribution is 2.07. The second kappa shape index (κ2) is 11.0.